The van der Waals surface area contributed by atoms with Crippen LogP contribution in [0.3, 0.4) is 0 Å². The zero-order valence-corrected chi connectivity index (χ0v) is 7.11. The molecule has 1 rings (SSSR count). The molecule has 0 aromatic rings. The van der Waals surface area contributed by atoms with Gasteiger partial charge in [-0.25, -0.2) is 4.79 Å². The van der Waals surface area contributed by atoms with Crippen molar-refractivity contribution in [1.29, 1.82) is 0 Å². The first-order valence-corrected chi connectivity index (χ1v) is 3.81. The van der Waals surface area contributed by atoms with Gasteiger partial charge in [0.25, 0.3) is 0 Å². The molecule has 1 saturated heterocycles. The van der Waals surface area contributed by atoms with Gasteiger partial charge < -0.3 is 15.3 Å². The van der Waals surface area contributed by atoms with E-state index < -0.39 is 12.1 Å². The number of hydrogen-bond donors (Lipinski definition) is 2. The second-order valence-electron chi connectivity index (χ2n) is 2.77. The van der Waals surface area contributed by atoms with Crippen molar-refractivity contribution >= 4 is 17.8 Å². The average molecular weight is 186 g/mol. The standard InChI is InChI=1S/C7H10N2O4/c1-4(10)9-3-2-5(11)8-6(9)7(12)13/h6H,2-3H2,1H3,(H,8,11)(H,12,13). The molecule has 0 saturated carbocycles. The quantitative estimate of drug-likeness (QED) is 0.536. The van der Waals surface area contributed by atoms with Crippen LogP contribution in [0, 0.1) is 0 Å². The fourth-order valence-electron chi connectivity index (χ4n) is 1.19. The summed E-state index contributed by atoms with van der Waals surface area (Å²) in [5.74, 6) is -1.92. The van der Waals surface area contributed by atoms with E-state index in [2.05, 4.69) is 5.32 Å². The SMILES string of the molecule is CC(=O)N1CCC(=O)NC1C(=O)O. The van der Waals surface area contributed by atoms with E-state index in [0.717, 1.165) is 4.90 Å². The Kier molecular flexibility index (Phi) is 2.50. The normalized spacial score (nSPS) is 22.4. The molecule has 0 aliphatic carbocycles. The van der Waals surface area contributed by atoms with Gasteiger partial charge in [0.15, 0.2) is 0 Å². The van der Waals surface area contributed by atoms with Gasteiger partial charge in [-0.1, -0.05) is 0 Å². The molecule has 0 radical (unpaired) electrons. The van der Waals surface area contributed by atoms with Crippen molar-refractivity contribution in [3.8, 4) is 0 Å². The number of carbonyl (C=O) groups is 3. The monoisotopic (exact) mass is 186 g/mol. The second kappa shape index (κ2) is 3.42. The molecule has 1 heterocycles. The highest BCUT2D eigenvalue weighted by molar-refractivity contribution is 5.89. The van der Waals surface area contributed by atoms with Gasteiger partial charge in [-0.3, -0.25) is 9.59 Å². The topological polar surface area (TPSA) is 86.7 Å². The highest BCUT2D eigenvalue weighted by Gasteiger charge is 2.32. The van der Waals surface area contributed by atoms with Crippen molar-refractivity contribution in [2.45, 2.75) is 19.5 Å². The van der Waals surface area contributed by atoms with Crippen molar-refractivity contribution in [3.63, 3.8) is 0 Å². The number of carbonyl (C=O) groups excluding carboxylic acids is 2. The smallest absolute Gasteiger partial charge is 0.347 e. The average Bonchev–Trinajstić information content (AvgIpc) is 2.03. The lowest BCUT2D eigenvalue weighted by atomic mass is 10.2. The van der Waals surface area contributed by atoms with Crippen molar-refractivity contribution in [2.75, 3.05) is 6.54 Å². The van der Waals surface area contributed by atoms with E-state index in [0.29, 0.717) is 0 Å². The van der Waals surface area contributed by atoms with Crippen LogP contribution in [0.1, 0.15) is 13.3 Å². The summed E-state index contributed by atoms with van der Waals surface area (Å²) in [6.45, 7) is 1.44. The first-order valence-electron chi connectivity index (χ1n) is 3.81. The molecule has 0 bridgehead atoms. The van der Waals surface area contributed by atoms with Gasteiger partial charge in [0.1, 0.15) is 0 Å². The van der Waals surface area contributed by atoms with Crippen molar-refractivity contribution in [2.24, 2.45) is 0 Å². The van der Waals surface area contributed by atoms with Gasteiger partial charge in [-0.15, -0.1) is 0 Å². The number of carboxylic acids is 1. The van der Waals surface area contributed by atoms with E-state index >= 15 is 0 Å². The lowest BCUT2D eigenvalue weighted by Gasteiger charge is -2.32. The predicted octanol–water partition coefficient (Wildman–Crippen LogP) is -1.23. The Morgan fingerprint density at radius 3 is 2.69 bits per heavy atom. The Labute approximate surface area is 74.5 Å². The first-order chi connectivity index (χ1) is 6.02. The predicted molar refractivity (Wildman–Crippen MR) is 41.6 cm³/mol. The van der Waals surface area contributed by atoms with E-state index in [1.807, 2.05) is 0 Å². The molecule has 1 fully saturated rings. The van der Waals surface area contributed by atoms with Crippen molar-refractivity contribution < 1.29 is 19.5 Å². The number of aliphatic carboxylic acids is 1. The Balaban J connectivity index is 2.77. The molecule has 13 heavy (non-hydrogen) atoms. The lowest BCUT2D eigenvalue weighted by Crippen LogP contribution is -2.59. The number of amides is 2. The summed E-state index contributed by atoms with van der Waals surface area (Å²) in [6.07, 6.45) is -1.05. The van der Waals surface area contributed by atoms with Crippen LogP contribution >= 0.6 is 0 Å². The maximum atomic E-state index is 10.9. The zero-order valence-electron chi connectivity index (χ0n) is 7.11. The Bertz CT molecular complexity index is 263. The summed E-state index contributed by atoms with van der Waals surface area (Å²) < 4.78 is 0. The fourth-order valence-corrected chi connectivity index (χ4v) is 1.19. The largest absolute Gasteiger partial charge is 0.478 e. The molecular weight excluding hydrogens is 176 g/mol. The van der Waals surface area contributed by atoms with Crippen molar-refractivity contribution in [1.82, 2.24) is 10.2 Å². The third-order valence-electron chi connectivity index (χ3n) is 1.83. The maximum Gasteiger partial charge on any atom is 0.347 e. The molecule has 1 atom stereocenters. The molecule has 72 valence electrons. The van der Waals surface area contributed by atoms with Crippen LogP contribution in [-0.4, -0.2) is 40.5 Å². The molecule has 2 N–H and O–H groups in total. The molecule has 6 heteroatoms. The lowest BCUT2D eigenvalue weighted by molar-refractivity contribution is -0.155. The van der Waals surface area contributed by atoms with Gasteiger partial charge in [-0.05, 0) is 0 Å². The van der Waals surface area contributed by atoms with E-state index in [4.69, 9.17) is 5.11 Å². The van der Waals surface area contributed by atoms with E-state index in [1.165, 1.54) is 6.92 Å². The van der Waals surface area contributed by atoms with E-state index in [9.17, 15) is 14.4 Å². The molecule has 1 aliphatic rings. The number of hydrogen-bond acceptors (Lipinski definition) is 3. The molecule has 1 unspecified atom stereocenters. The van der Waals surface area contributed by atoms with Gasteiger partial charge in [0, 0.05) is 19.9 Å². The summed E-state index contributed by atoms with van der Waals surface area (Å²) in [5.41, 5.74) is 0. The number of rotatable bonds is 1. The van der Waals surface area contributed by atoms with Crippen LogP contribution in [0.5, 0.6) is 0 Å². The minimum absolute atomic E-state index is 0.156. The van der Waals surface area contributed by atoms with Crippen LogP contribution in [0.15, 0.2) is 0 Å². The van der Waals surface area contributed by atoms with E-state index in [1.54, 1.807) is 0 Å². The molecule has 6 nitrogen and oxygen atoms in total. The minimum Gasteiger partial charge on any atom is -0.478 e. The molecule has 2 amide bonds. The molecule has 0 aromatic heterocycles. The molecular formula is C7H10N2O4. The first kappa shape index (κ1) is 9.50. The summed E-state index contributed by atoms with van der Waals surface area (Å²) in [6, 6.07) is 0. The van der Waals surface area contributed by atoms with Crippen LogP contribution < -0.4 is 5.32 Å². The van der Waals surface area contributed by atoms with Crippen LogP contribution in [-0.2, 0) is 14.4 Å². The zero-order chi connectivity index (χ0) is 10.0. The molecule has 0 aromatic carbocycles. The van der Waals surface area contributed by atoms with Gasteiger partial charge in [0.05, 0.1) is 0 Å². The molecule has 0 spiro atoms. The van der Waals surface area contributed by atoms with Crippen LogP contribution in [0.25, 0.3) is 0 Å². The van der Waals surface area contributed by atoms with Gasteiger partial charge >= 0.3 is 5.97 Å². The van der Waals surface area contributed by atoms with Gasteiger partial charge in [0.2, 0.25) is 18.0 Å². The third-order valence-corrected chi connectivity index (χ3v) is 1.83. The number of nitrogens with one attached hydrogen (secondary N) is 1. The maximum absolute atomic E-state index is 10.9. The number of nitrogens with zero attached hydrogens (tertiary/aromatic N) is 1. The number of carboxylic acid groups (broad SMARTS) is 1. The van der Waals surface area contributed by atoms with Crippen LogP contribution in [0.2, 0.25) is 0 Å². The summed E-state index contributed by atoms with van der Waals surface area (Å²) in [4.78, 5) is 33.5. The second-order valence-corrected chi connectivity index (χ2v) is 2.77. The summed E-state index contributed by atoms with van der Waals surface area (Å²) >= 11 is 0. The van der Waals surface area contributed by atoms with Crippen LogP contribution in [0.4, 0.5) is 0 Å². The molecule has 1 aliphatic heterocycles. The fraction of sp³-hybridized carbons (Fsp3) is 0.571. The highest BCUT2D eigenvalue weighted by atomic mass is 16.4. The summed E-state index contributed by atoms with van der Waals surface area (Å²) in [7, 11) is 0. The third kappa shape index (κ3) is 1.95. The Morgan fingerprint density at radius 1 is 1.62 bits per heavy atom. The Hall–Kier alpha value is -1.59. The minimum atomic E-state index is -1.22. The summed E-state index contributed by atoms with van der Waals surface area (Å²) in [5, 5.41) is 10.9. The van der Waals surface area contributed by atoms with Gasteiger partial charge in [-0.2, -0.15) is 0 Å². The Morgan fingerprint density at radius 2 is 2.23 bits per heavy atom. The van der Waals surface area contributed by atoms with Crippen molar-refractivity contribution in [3.05, 3.63) is 0 Å². The highest BCUT2D eigenvalue weighted by Crippen LogP contribution is 2.05. The van der Waals surface area contributed by atoms with E-state index in [-0.39, 0.29) is 24.8 Å².